The molecule has 1 aliphatic carbocycles. The van der Waals surface area contributed by atoms with Gasteiger partial charge in [-0.3, -0.25) is 4.79 Å². The third kappa shape index (κ3) is 3.84. The van der Waals surface area contributed by atoms with Crippen molar-refractivity contribution < 1.29 is 14.6 Å². The van der Waals surface area contributed by atoms with E-state index in [1.165, 1.54) is 6.08 Å². The molecule has 5 heteroatoms. The first-order valence-electron chi connectivity index (χ1n) is 6.49. The van der Waals surface area contributed by atoms with Gasteiger partial charge in [0.25, 0.3) is 0 Å². The first kappa shape index (κ1) is 15.1. The number of nitrogens with one attached hydrogen (secondary N) is 1. The molecule has 0 spiro atoms. The minimum absolute atomic E-state index is 0.0725. The van der Waals surface area contributed by atoms with Crippen molar-refractivity contribution in [2.75, 3.05) is 20.3 Å². The standard InChI is InChI=1S/C15H18BrNO3/c1-20-13-4-3-12(16)8-11(13)2-5-14(19)17-9-15(10-18)6-7-15/h2-5,8,18H,6-7,9-10H2,1H3,(H,17,19)/b5-2+. The number of carbonyl (C=O) groups is 1. The van der Waals surface area contributed by atoms with Crippen molar-refractivity contribution in [3.8, 4) is 5.75 Å². The van der Waals surface area contributed by atoms with E-state index in [1.807, 2.05) is 18.2 Å². The summed E-state index contributed by atoms with van der Waals surface area (Å²) in [6.45, 7) is 0.665. The van der Waals surface area contributed by atoms with Gasteiger partial charge in [-0.15, -0.1) is 0 Å². The largest absolute Gasteiger partial charge is 0.496 e. The fourth-order valence-electron chi connectivity index (χ4n) is 1.90. The average molecular weight is 340 g/mol. The number of rotatable bonds is 6. The van der Waals surface area contributed by atoms with Crippen LogP contribution in [0.15, 0.2) is 28.7 Å². The zero-order chi connectivity index (χ0) is 14.6. The summed E-state index contributed by atoms with van der Waals surface area (Å²) in [6, 6.07) is 5.61. The lowest BCUT2D eigenvalue weighted by Gasteiger charge is -2.11. The molecule has 2 N–H and O–H groups in total. The summed E-state index contributed by atoms with van der Waals surface area (Å²) < 4.78 is 6.16. The Kier molecular flexibility index (Phi) is 4.83. The number of carbonyl (C=O) groups excluding carboxylic acids is 1. The van der Waals surface area contributed by atoms with Gasteiger partial charge < -0.3 is 15.2 Å². The lowest BCUT2D eigenvalue weighted by atomic mass is 10.1. The van der Waals surface area contributed by atoms with E-state index in [0.717, 1.165) is 22.9 Å². The van der Waals surface area contributed by atoms with E-state index in [-0.39, 0.29) is 17.9 Å². The van der Waals surface area contributed by atoms with Crippen LogP contribution in [0.3, 0.4) is 0 Å². The van der Waals surface area contributed by atoms with E-state index in [9.17, 15) is 9.90 Å². The Labute approximate surface area is 127 Å². The number of halogens is 1. The van der Waals surface area contributed by atoms with Gasteiger partial charge in [0.2, 0.25) is 5.91 Å². The lowest BCUT2D eigenvalue weighted by molar-refractivity contribution is -0.116. The molecule has 0 aliphatic heterocycles. The highest BCUT2D eigenvalue weighted by molar-refractivity contribution is 9.10. The van der Waals surface area contributed by atoms with Gasteiger partial charge in [0.1, 0.15) is 5.75 Å². The van der Waals surface area contributed by atoms with Crippen molar-refractivity contribution in [3.63, 3.8) is 0 Å². The average Bonchev–Trinajstić information content (AvgIpc) is 3.24. The van der Waals surface area contributed by atoms with Gasteiger partial charge in [-0.25, -0.2) is 0 Å². The van der Waals surface area contributed by atoms with Gasteiger partial charge in [-0.2, -0.15) is 0 Å². The maximum absolute atomic E-state index is 11.8. The van der Waals surface area contributed by atoms with Crippen LogP contribution in [0, 0.1) is 5.41 Å². The van der Waals surface area contributed by atoms with Crippen molar-refractivity contribution >= 4 is 27.9 Å². The zero-order valence-corrected chi connectivity index (χ0v) is 12.9. The Hall–Kier alpha value is -1.33. The van der Waals surface area contributed by atoms with Crippen LogP contribution in [0.2, 0.25) is 0 Å². The van der Waals surface area contributed by atoms with Crippen LogP contribution in [0.1, 0.15) is 18.4 Å². The third-order valence-electron chi connectivity index (χ3n) is 3.54. The van der Waals surface area contributed by atoms with Crippen molar-refractivity contribution in [3.05, 3.63) is 34.3 Å². The number of benzene rings is 1. The van der Waals surface area contributed by atoms with Gasteiger partial charge in [0, 0.05) is 28.1 Å². The Morgan fingerprint density at radius 1 is 1.55 bits per heavy atom. The first-order chi connectivity index (χ1) is 9.58. The minimum atomic E-state index is -0.160. The van der Waals surface area contributed by atoms with Crippen LogP contribution in [0.25, 0.3) is 6.08 Å². The first-order valence-corrected chi connectivity index (χ1v) is 7.28. The summed E-state index contributed by atoms with van der Waals surface area (Å²) in [4.78, 5) is 11.8. The molecule has 1 fully saturated rings. The van der Waals surface area contributed by atoms with Gasteiger partial charge in [0.05, 0.1) is 13.7 Å². The van der Waals surface area contributed by atoms with Crippen LogP contribution in [-0.2, 0) is 4.79 Å². The SMILES string of the molecule is COc1ccc(Br)cc1/C=C/C(=O)NCC1(CO)CC1. The highest BCUT2D eigenvalue weighted by Gasteiger charge is 2.41. The fourth-order valence-corrected chi connectivity index (χ4v) is 2.28. The van der Waals surface area contributed by atoms with E-state index in [0.29, 0.717) is 12.3 Å². The summed E-state index contributed by atoms with van der Waals surface area (Å²) in [5, 5.41) is 12.0. The summed E-state index contributed by atoms with van der Waals surface area (Å²) in [5.41, 5.74) is 0.761. The van der Waals surface area contributed by atoms with Gasteiger partial charge >= 0.3 is 0 Å². The Balaban J connectivity index is 1.95. The second kappa shape index (κ2) is 6.41. The number of amides is 1. The molecule has 1 amide bonds. The normalized spacial score (nSPS) is 16.1. The highest BCUT2D eigenvalue weighted by Crippen LogP contribution is 2.44. The number of aliphatic hydroxyl groups is 1. The molecule has 2 rings (SSSR count). The molecule has 0 bridgehead atoms. The molecule has 0 atom stereocenters. The maximum Gasteiger partial charge on any atom is 0.244 e. The second-order valence-corrected chi connectivity index (χ2v) is 6.01. The third-order valence-corrected chi connectivity index (χ3v) is 4.03. The Morgan fingerprint density at radius 2 is 2.30 bits per heavy atom. The zero-order valence-electron chi connectivity index (χ0n) is 11.4. The fraction of sp³-hybridized carbons (Fsp3) is 0.400. The molecule has 1 saturated carbocycles. The number of ether oxygens (including phenoxy) is 1. The molecular weight excluding hydrogens is 322 g/mol. The molecular formula is C15H18BrNO3. The van der Waals surface area contributed by atoms with Crippen LogP contribution in [0.4, 0.5) is 0 Å². The Morgan fingerprint density at radius 3 is 2.90 bits per heavy atom. The van der Waals surface area contributed by atoms with E-state index in [1.54, 1.807) is 13.2 Å². The molecule has 1 aromatic rings. The molecule has 0 saturated heterocycles. The monoisotopic (exact) mass is 339 g/mol. The van der Waals surface area contributed by atoms with E-state index in [2.05, 4.69) is 21.2 Å². The molecule has 108 valence electrons. The topological polar surface area (TPSA) is 58.6 Å². The molecule has 0 radical (unpaired) electrons. The number of hydrogen-bond acceptors (Lipinski definition) is 3. The smallest absolute Gasteiger partial charge is 0.244 e. The van der Waals surface area contributed by atoms with Gasteiger partial charge in [-0.05, 0) is 37.1 Å². The van der Waals surface area contributed by atoms with Crippen molar-refractivity contribution in [1.82, 2.24) is 5.32 Å². The van der Waals surface area contributed by atoms with E-state index in [4.69, 9.17) is 4.74 Å². The van der Waals surface area contributed by atoms with E-state index < -0.39 is 0 Å². The molecule has 1 aliphatic rings. The molecule has 20 heavy (non-hydrogen) atoms. The quantitative estimate of drug-likeness (QED) is 0.782. The highest BCUT2D eigenvalue weighted by atomic mass is 79.9. The van der Waals surface area contributed by atoms with Crippen LogP contribution >= 0.6 is 15.9 Å². The summed E-state index contributed by atoms with van der Waals surface area (Å²) in [6.07, 6.45) is 5.16. The second-order valence-electron chi connectivity index (χ2n) is 5.10. The Bertz CT molecular complexity index is 524. The molecule has 1 aromatic carbocycles. The van der Waals surface area contributed by atoms with Crippen molar-refractivity contribution in [1.29, 1.82) is 0 Å². The number of methoxy groups -OCH3 is 1. The van der Waals surface area contributed by atoms with Gasteiger partial charge in [0.15, 0.2) is 0 Å². The number of aliphatic hydroxyl groups excluding tert-OH is 1. The van der Waals surface area contributed by atoms with Crippen molar-refractivity contribution in [2.45, 2.75) is 12.8 Å². The van der Waals surface area contributed by atoms with Crippen LogP contribution in [-0.4, -0.2) is 31.3 Å². The molecule has 0 unspecified atom stereocenters. The predicted molar refractivity (Wildman–Crippen MR) is 81.5 cm³/mol. The maximum atomic E-state index is 11.8. The van der Waals surface area contributed by atoms with Crippen LogP contribution in [0.5, 0.6) is 5.75 Å². The molecule has 0 heterocycles. The summed E-state index contributed by atoms with van der Waals surface area (Å²) in [7, 11) is 1.60. The molecule has 4 nitrogen and oxygen atoms in total. The van der Waals surface area contributed by atoms with E-state index >= 15 is 0 Å². The molecule has 0 aromatic heterocycles. The van der Waals surface area contributed by atoms with Crippen molar-refractivity contribution in [2.24, 2.45) is 5.41 Å². The predicted octanol–water partition coefficient (Wildman–Crippen LogP) is 2.36. The lowest BCUT2D eigenvalue weighted by Crippen LogP contribution is -2.30. The van der Waals surface area contributed by atoms with Gasteiger partial charge in [-0.1, -0.05) is 15.9 Å². The number of hydrogen-bond donors (Lipinski definition) is 2. The summed E-state index contributed by atoms with van der Waals surface area (Å²) in [5.74, 6) is 0.554. The summed E-state index contributed by atoms with van der Waals surface area (Å²) >= 11 is 3.39. The minimum Gasteiger partial charge on any atom is -0.496 e. The van der Waals surface area contributed by atoms with Crippen LogP contribution < -0.4 is 10.1 Å².